The van der Waals surface area contributed by atoms with Gasteiger partial charge < -0.3 is 10.2 Å². The highest BCUT2D eigenvalue weighted by atomic mass is 35.5. The lowest BCUT2D eigenvalue weighted by Gasteiger charge is -2.45. The molecule has 4 nitrogen and oxygen atoms in total. The summed E-state index contributed by atoms with van der Waals surface area (Å²) in [5.41, 5.74) is 3.55. The van der Waals surface area contributed by atoms with Gasteiger partial charge in [-0.3, -0.25) is 9.69 Å². The molecule has 0 spiro atoms. The second kappa shape index (κ2) is 14.6. The van der Waals surface area contributed by atoms with Gasteiger partial charge in [0.1, 0.15) is 0 Å². The number of piperazine rings is 1. The number of amides is 1. The van der Waals surface area contributed by atoms with Crippen LogP contribution in [-0.2, 0) is 4.79 Å². The van der Waals surface area contributed by atoms with E-state index in [1.807, 2.05) is 30.3 Å². The third-order valence-electron chi connectivity index (χ3n) is 7.58. The van der Waals surface area contributed by atoms with Gasteiger partial charge in [0.05, 0.1) is 12.1 Å². The van der Waals surface area contributed by atoms with Gasteiger partial charge >= 0.3 is 0 Å². The highest BCUT2D eigenvalue weighted by Gasteiger charge is 2.36. The van der Waals surface area contributed by atoms with Crippen LogP contribution >= 0.6 is 48.0 Å². The normalized spacial score (nSPS) is 18.5. The Balaban J connectivity index is 0.00000200. The van der Waals surface area contributed by atoms with Crippen LogP contribution in [0.4, 0.5) is 0 Å². The number of piperidine rings is 1. The van der Waals surface area contributed by atoms with Crippen LogP contribution < -0.4 is 5.32 Å². The molecule has 8 heteroatoms. The third-order valence-corrected chi connectivity index (χ3v) is 8.08. The molecule has 0 aliphatic carbocycles. The van der Waals surface area contributed by atoms with Crippen molar-refractivity contribution < 1.29 is 4.79 Å². The van der Waals surface area contributed by atoms with Crippen LogP contribution in [0, 0.1) is 5.92 Å². The summed E-state index contributed by atoms with van der Waals surface area (Å²) in [5.74, 6) is 0.758. The van der Waals surface area contributed by atoms with Crippen LogP contribution in [0.1, 0.15) is 48.0 Å². The van der Waals surface area contributed by atoms with E-state index in [1.165, 1.54) is 16.7 Å². The first-order valence-corrected chi connectivity index (χ1v) is 13.6. The minimum atomic E-state index is 0. The SMILES string of the molecule is Cl.Cl.O=C(CC1CCNCC1)N1CCN(C(c2ccc(Cl)cc2)c2ccc(Cl)cc2)C[C@@H]1c1ccccc1. The van der Waals surface area contributed by atoms with Crippen molar-refractivity contribution in [2.24, 2.45) is 5.92 Å². The molecule has 204 valence electrons. The number of benzene rings is 3. The van der Waals surface area contributed by atoms with Crippen LogP contribution in [0.5, 0.6) is 0 Å². The quantitative estimate of drug-likeness (QED) is 0.328. The monoisotopic (exact) mass is 593 g/mol. The zero-order valence-corrected chi connectivity index (χ0v) is 24.4. The Labute approximate surface area is 248 Å². The van der Waals surface area contributed by atoms with Crippen LogP contribution in [0.2, 0.25) is 10.0 Å². The molecule has 1 N–H and O–H groups in total. The number of nitrogens with one attached hydrogen (secondary N) is 1. The fourth-order valence-electron chi connectivity index (χ4n) is 5.65. The summed E-state index contributed by atoms with van der Waals surface area (Å²) in [6.45, 7) is 4.30. The number of carbonyl (C=O) groups excluding carboxylic acids is 1. The van der Waals surface area contributed by atoms with Crippen LogP contribution in [0.3, 0.4) is 0 Å². The van der Waals surface area contributed by atoms with Crippen molar-refractivity contribution in [1.82, 2.24) is 15.1 Å². The molecule has 2 aliphatic rings. The average molecular weight is 595 g/mol. The molecule has 0 radical (unpaired) electrons. The van der Waals surface area contributed by atoms with Crippen LogP contribution in [-0.4, -0.2) is 48.4 Å². The predicted molar refractivity (Wildman–Crippen MR) is 162 cm³/mol. The first-order chi connectivity index (χ1) is 17.6. The third kappa shape index (κ3) is 7.44. The Hall–Kier alpha value is -1.79. The zero-order valence-electron chi connectivity index (χ0n) is 21.3. The number of hydrogen-bond donors (Lipinski definition) is 1. The van der Waals surface area contributed by atoms with E-state index in [0.29, 0.717) is 18.9 Å². The van der Waals surface area contributed by atoms with E-state index in [0.717, 1.165) is 49.1 Å². The van der Waals surface area contributed by atoms with Gasteiger partial charge in [0.2, 0.25) is 5.91 Å². The highest BCUT2D eigenvalue weighted by Crippen LogP contribution is 2.36. The van der Waals surface area contributed by atoms with E-state index >= 15 is 0 Å². The van der Waals surface area contributed by atoms with Gasteiger partial charge in [-0.25, -0.2) is 0 Å². The van der Waals surface area contributed by atoms with Crippen LogP contribution in [0.15, 0.2) is 78.9 Å². The maximum absolute atomic E-state index is 13.6. The lowest BCUT2D eigenvalue weighted by molar-refractivity contribution is -0.138. The highest BCUT2D eigenvalue weighted by molar-refractivity contribution is 6.30. The van der Waals surface area contributed by atoms with Gasteiger partial charge in [-0.15, -0.1) is 24.8 Å². The van der Waals surface area contributed by atoms with E-state index in [2.05, 4.69) is 63.6 Å². The second-order valence-corrected chi connectivity index (χ2v) is 10.8. The standard InChI is InChI=1S/C30H33Cl2N3O.2ClH/c31-26-10-6-24(7-11-26)30(25-8-12-27(32)13-9-25)34-18-19-35(28(21-34)23-4-2-1-3-5-23)29(36)20-22-14-16-33-17-15-22;;/h1-13,22,28,30,33H,14-21H2;2*1H/t28-;;/m1../s1. The van der Waals surface area contributed by atoms with Gasteiger partial charge in [0.25, 0.3) is 0 Å². The van der Waals surface area contributed by atoms with Gasteiger partial charge in [0.15, 0.2) is 0 Å². The predicted octanol–water partition coefficient (Wildman–Crippen LogP) is 7.20. The molecule has 2 saturated heterocycles. The molecule has 1 amide bonds. The van der Waals surface area contributed by atoms with E-state index in [1.54, 1.807) is 0 Å². The molecule has 2 fully saturated rings. The number of carbonyl (C=O) groups is 1. The molecule has 0 unspecified atom stereocenters. The molecule has 5 rings (SSSR count). The molecule has 0 aromatic heterocycles. The zero-order chi connectivity index (χ0) is 24.9. The first-order valence-electron chi connectivity index (χ1n) is 12.9. The summed E-state index contributed by atoms with van der Waals surface area (Å²) in [6, 6.07) is 26.8. The maximum Gasteiger partial charge on any atom is 0.223 e. The van der Waals surface area contributed by atoms with Crippen molar-refractivity contribution in [3.05, 3.63) is 106 Å². The van der Waals surface area contributed by atoms with Crippen LogP contribution in [0.25, 0.3) is 0 Å². The summed E-state index contributed by atoms with van der Waals surface area (Å²) < 4.78 is 0. The van der Waals surface area contributed by atoms with Gasteiger partial charge in [-0.05, 0) is 72.8 Å². The molecular formula is C30H35Cl4N3O. The molecule has 0 saturated carbocycles. The molecular weight excluding hydrogens is 560 g/mol. The fourth-order valence-corrected chi connectivity index (χ4v) is 5.90. The Kier molecular flexibility index (Phi) is 11.8. The van der Waals surface area contributed by atoms with Crippen molar-refractivity contribution in [2.75, 3.05) is 32.7 Å². The van der Waals surface area contributed by atoms with E-state index < -0.39 is 0 Å². The lowest BCUT2D eigenvalue weighted by atomic mass is 9.91. The molecule has 2 heterocycles. The Morgan fingerprint density at radius 1 is 0.816 bits per heavy atom. The van der Waals surface area contributed by atoms with Gasteiger partial charge in [-0.2, -0.15) is 0 Å². The molecule has 0 bridgehead atoms. The molecule has 3 aromatic carbocycles. The number of nitrogens with zero attached hydrogens (tertiary/aromatic N) is 2. The summed E-state index contributed by atoms with van der Waals surface area (Å²) in [5, 5.41) is 4.86. The van der Waals surface area contributed by atoms with Crippen molar-refractivity contribution >= 4 is 53.9 Å². The van der Waals surface area contributed by atoms with Crippen molar-refractivity contribution in [3.63, 3.8) is 0 Å². The number of halogens is 4. The minimum absolute atomic E-state index is 0. The van der Waals surface area contributed by atoms with Gasteiger partial charge in [0, 0.05) is 36.1 Å². The summed E-state index contributed by atoms with van der Waals surface area (Å²) in [6.07, 6.45) is 2.80. The average Bonchev–Trinajstić information content (AvgIpc) is 2.92. The topological polar surface area (TPSA) is 35.6 Å². The van der Waals surface area contributed by atoms with E-state index in [-0.39, 0.29) is 42.8 Å². The van der Waals surface area contributed by atoms with E-state index in [4.69, 9.17) is 23.2 Å². The maximum atomic E-state index is 13.6. The molecule has 38 heavy (non-hydrogen) atoms. The van der Waals surface area contributed by atoms with Crippen molar-refractivity contribution in [1.29, 1.82) is 0 Å². The Bertz CT molecular complexity index is 1090. The summed E-state index contributed by atoms with van der Waals surface area (Å²) in [4.78, 5) is 18.2. The molecule has 3 aromatic rings. The lowest BCUT2D eigenvalue weighted by Crippen LogP contribution is -2.52. The van der Waals surface area contributed by atoms with Gasteiger partial charge in [-0.1, -0.05) is 77.8 Å². The van der Waals surface area contributed by atoms with Crippen molar-refractivity contribution in [2.45, 2.75) is 31.3 Å². The van der Waals surface area contributed by atoms with E-state index in [9.17, 15) is 4.79 Å². The number of rotatable bonds is 6. The number of hydrogen-bond acceptors (Lipinski definition) is 3. The summed E-state index contributed by atoms with van der Waals surface area (Å²) >= 11 is 12.5. The minimum Gasteiger partial charge on any atom is -0.333 e. The molecule has 1 atom stereocenters. The fraction of sp³-hybridized carbons (Fsp3) is 0.367. The Morgan fingerprint density at radius 2 is 1.37 bits per heavy atom. The first kappa shape index (κ1) is 30.7. The Morgan fingerprint density at radius 3 is 1.92 bits per heavy atom. The second-order valence-electron chi connectivity index (χ2n) is 9.91. The smallest absolute Gasteiger partial charge is 0.223 e. The molecule has 2 aliphatic heterocycles. The largest absolute Gasteiger partial charge is 0.333 e. The van der Waals surface area contributed by atoms with Crippen molar-refractivity contribution in [3.8, 4) is 0 Å². The summed E-state index contributed by atoms with van der Waals surface area (Å²) in [7, 11) is 0.